The molecule has 0 spiro atoms. The standard InChI is InChI=1S/C41H50F3N5O5Si/c1-23(2)55(24(3)4,25(5)6)14-11-31-33(43)10-9-26-15-30(54-22-50-8)17-32(34(26)31)37-36(44)38-35-39(49-12-13-51-19-29(49)21-52-40(35)45-37)47-41(46-38)53-20-28-16-27(42)18-48(28)7/h9-10,15,17,23-25,27-29H,12-13,16,18-22H2,1-8H3/t27-,28+,29+/m1/s1. The molecule has 2 aromatic carbocycles. The predicted octanol–water partition coefficient (Wildman–Crippen LogP) is 7.69. The minimum absolute atomic E-state index is 0.0515. The number of likely N-dealkylation sites (N-methyl/N-ethyl adjacent to an activating group) is 1. The molecular formula is C41H50F3N5O5Si. The number of ether oxygens (including phenoxy) is 5. The van der Waals surface area contributed by atoms with Crippen LogP contribution in [-0.2, 0) is 9.47 Å². The molecule has 0 saturated carbocycles. The summed E-state index contributed by atoms with van der Waals surface area (Å²) in [5.74, 6) is 2.93. The minimum Gasteiger partial charge on any atom is -0.475 e. The van der Waals surface area contributed by atoms with Crippen molar-refractivity contribution in [2.24, 2.45) is 0 Å². The second-order valence-corrected chi connectivity index (χ2v) is 21.4. The van der Waals surface area contributed by atoms with Crippen molar-refractivity contribution in [2.45, 2.75) is 82.8 Å². The zero-order valence-electron chi connectivity index (χ0n) is 32.8. The van der Waals surface area contributed by atoms with E-state index in [-0.39, 0.29) is 66.3 Å². The fourth-order valence-corrected chi connectivity index (χ4v) is 14.0. The molecule has 7 rings (SSSR count). The molecule has 10 nitrogen and oxygen atoms in total. The molecule has 4 aromatic rings. The maximum atomic E-state index is 17.5. The summed E-state index contributed by atoms with van der Waals surface area (Å²) in [6, 6.07) is 5.93. The first-order chi connectivity index (χ1) is 26.3. The first kappa shape index (κ1) is 39.1. The molecule has 0 radical (unpaired) electrons. The highest BCUT2D eigenvalue weighted by Crippen LogP contribution is 2.45. The summed E-state index contributed by atoms with van der Waals surface area (Å²) in [6.07, 6.45) is -0.646. The van der Waals surface area contributed by atoms with E-state index in [1.165, 1.54) is 13.2 Å². The van der Waals surface area contributed by atoms with Gasteiger partial charge in [0.15, 0.2) is 12.6 Å². The number of hydrogen-bond acceptors (Lipinski definition) is 10. The van der Waals surface area contributed by atoms with E-state index in [0.717, 1.165) is 0 Å². The number of alkyl halides is 1. The zero-order valence-corrected chi connectivity index (χ0v) is 33.8. The lowest BCUT2D eigenvalue weighted by atomic mass is 9.95. The van der Waals surface area contributed by atoms with Gasteiger partial charge in [0.25, 0.3) is 0 Å². The Labute approximate surface area is 321 Å². The van der Waals surface area contributed by atoms with Crippen LogP contribution in [0.3, 0.4) is 0 Å². The lowest BCUT2D eigenvalue weighted by Gasteiger charge is -2.38. The van der Waals surface area contributed by atoms with Crippen molar-refractivity contribution in [1.29, 1.82) is 0 Å². The number of aromatic nitrogens is 3. The molecule has 55 heavy (non-hydrogen) atoms. The summed E-state index contributed by atoms with van der Waals surface area (Å²) in [7, 11) is 1.04. The molecular weight excluding hydrogens is 728 g/mol. The lowest BCUT2D eigenvalue weighted by Crippen LogP contribution is -2.48. The summed E-state index contributed by atoms with van der Waals surface area (Å²) >= 11 is 0. The van der Waals surface area contributed by atoms with E-state index in [0.29, 0.717) is 77.1 Å². The topological polar surface area (TPSA) is 91.3 Å². The van der Waals surface area contributed by atoms with Gasteiger partial charge in [-0.15, -0.1) is 5.54 Å². The van der Waals surface area contributed by atoms with E-state index in [4.69, 9.17) is 33.7 Å². The van der Waals surface area contributed by atoms with Crippen LogP contribution in [-0.4, -0.2) is 107 Å². The Morgan fingerprint density at radius 1 is 0.982 bits per heavy atom. The molecule has 3 aliphatic heterocycles. The predicted molar refractivity (Wildman–Crippen MR) is 209 cm³/mol. The largest absolute Gasteiger partial charge is 0.475 e. The number of rotatable bonds is 10. The maximum Gasteiger partial charge on any atom is 0.319 e. The molecule has 0 unspecified atom stereocenters. The van der Waals surface area contributed by atoms with Crippen LogP contribution in [0.4, 0.5) is 19.0 Å². The quantitative estimate of drug-likeness (QED) is 0.0907. The van der Waals surface area contributed by atoms with E-state index in [2.05, 4.69) is 58.0 Å². The Kier molecular flexibility index (Phi) is 11.2. The molecule has 3 aliphatic rings. The molecule has 2 aromatic heterocycles. The molecule has 0 bridgehead atoms. The highest BCUT2D eigenvalue weighted by atomic mass is 28.3. The molecule has 0 N–H and O–H groups in total. The van der Waals surface area contributed by atoms with Gasteiger partial charge in [0.05, 0.1) is 24.8 Å². The number of nitrogens with zero attached hydrogens (tertiary/aromatic N) is 5. The van der Waals surface area contributed by atoms with Gasteiger partial charge in [-0.25, -0.2) is 18.2 Å². The van der Waals surface area contributed by atoms with E-state index in [1.807, 2.05) is 16.8 Å². The highest BCUT2D eigenvalue weighted by molar-refractivity contribution is 6.90. The normalized spacial score (nSPS) is 20.2. The zero-order chi connectivity index (χ0) is 39.2. The average molecular weight is 778 g/mol. The molecule has 294 valence electrons. The number of likely N-dealkylation sites (tertiary alicyclic amines) is 1. The molecule has 3 atom stereocenters. The van der Waals surface area contributed by atoms with E-state index >= 15 is 8.78 Å². The highest BCUT2D eigenvalue weighted by Gasteiger charge is 2.42. The third kappa shape index (κ3) is 7.20. The monoisotopic (exact) mass is 777 g/mol. The summed E-state index contributed by atoms with van der Waals surface area (Å²) in [6.45, 7) is 15.0. The van der Waals surface area contributed by atoms with Crippen LogP contribution in [0, 0.1) is 23.1 Å². The van der Waals surface area contributed by atoms with E-state index in [1.54, 1.807) is 18.2 Å². The number of benzene rings is 2. The number of methoxy groups -OCH3 is 1. The van der Waals surface area contributed by atoms with Crippen LogP contribution in [0.2, 0.25) is 16.6 Å². The van der Waals surface area contributed by atoms with Crippen LogP contribution >= 0.6 is 0 Å². The summed E-state index contributed by atoms with van der Waals surface area (Å²) in [4.78, 5) is 18.1. The Morgan fingerprint density at radius 3 is 2.44 bits per heavy atom. The first-order valence-corrected chi connectivity index (χ1v) is 21.3. The summed E-state index contributed by atoms with van der Waals surface area (Å²) in [5.41, 5.74) is 4.81. The molecule has 0 amide bonds. The van der Waals surface area contributed by atoms with Crippen molar-refractivity contribution in [3.05, 3.63) is 41.5 Å². The van der Waals surface area contributed by atoms with Gasteiger partial charge >= 0.3 is 6.01 Å². The Morgan fingerprint density at radius 2 is 1.75 bits per heavy atom. The summed E-state index contributed by atoms with van der Waals surface area (Å²) in [5, 5.41) is 1.27. The number of anilines is 1. The molecule has 14 heteroatoms. The van der Waals surface area contributed by atoms with Gasteiger partial charge in [-0.05, 0) is 53.7 Å². The number of halogens is 3. The SMILES string of the molecule is COCOc1cc(-c2nc3c4c(nc(OC[C@@H]5C[C@@H](F)CN5C)nc4c2F)N2CCOC[C@H]2CO3)c2c(C#C[Si](C(C)C)(C(C)C)C(C)C)c(F)ccc2c1. The van der Waals surface area contributed by atoms with E-state index < -0.39 is 25.9 Å². The van der Waals surface area contributed by atoms with Gasteiger partial charge < -0.3 is 28.6 Å². The van der Waals surface area contributed by atoms with E-state index in [9.17, 15) is 4.39 Å². The van der Waals surface area contributed by atoms with Gasteiger partial charge in [0.1, 0.15) is 61.4 Å². The van der Waals surface area contributed by atoms with Gasteiger partial charge in [-0.2, -0.15) is 9.97 Å². The second kappa shape index (κ2) is 15.8. The lowest BCUT2D eigenvalue weighted by molar-refractivity contribution is 0.0512. The third-order valence-corrected chi connectivity index (χ3v) is 17.9. The van der Waals surface area contributed by atoms with Crippen LogP contribution in [0.1, 0.15) is 53.5 Å². The Bertz CT molecular complexity index is 2120. The van der Waals surface area contributed by atoms with Crippen molar-refractivity contribution in [3.63, 3.8) is 0 Å². The van der Waals surface area contributed by atoms with Crippen LogP contribution in [0.15, 0.2) is 24.3 Å². The van der Waals surface area contributed by atoms with Crippen molar-refractivity contribution in [2.75, 3.05) is 65.4 Å². The Hall–Kier alpha value is -4.16. The molecule has 2 saturated heterocycles. The number of pyridine rings is 1. The van der Waals surface area contributed by atoms with Gasteiger partial charge in [-0.3, -0.25) is 4.90 Å². The number of hydrogen-bond donors (Lipinski definition) is 0. The van der Waals surface area contributed by atoms with Gasteiger partial charge in [0, 0.05) is 37.2 Å². The third-order valence-electron chi connectivity index (χ3n) is 11.6. The van der Waals surface area contributed by atoms with Crippen LogP contribution < -0.4 is 19.1 Å². The van der Waals surface area contributed by atoms with Crippen molar-refractivity contribution < 1.29 is 36.9 Å². The smallest absolute Gasteiger partial charge is 0.319 e. The molecule has 2 fully saturated rings. The summed E-state index contributed by atoms with van der Waals surface area (Å²) < 4.78 is 77.3. The second-order valence-electron chi connectivity index (χ2n) is 15.8. The minimum atomic E-state index is -2.31. The van der Waals surface area contributed by atoms with Gasteiger partial charge in [0.2, 0.25) is 5.88 Å². The van der Waals surface area contributed by atoms with Crippen LogP contribution in [0.25, 0.3) is 32.9 Å². The molecule has 0 aliphatic carbocycles. The number of fused-ring (bicyclic) bond motifs is 3. The average Bonchev–Trinajstić information content (AvgIpc) is 3.39. The van der Waals surface area contributed by atoms with Gasteiger partial charge in [-0.1, -0.05) is 53.5 Å². The van der Waals surface area contributed by atoms with Crippen molar-refractivity contribution in [3.8, 4) is 40.4 Å². The fourth-order valence-electron chi connectivity index (χ4n) is 8.82. The maximum absolute atomic E-state index is 17.5. The fraction of sp³-hybridized carbons (Fsp3) is 0.537. The first-order valence-electron chi connectivity index (χ1n) is 19.1. The van der Waals surface area contributed by atoms with Crippen molar-refractivity contribution >= 4 is 35.6 Å². The molecule has 5 heterocycles. The van der Waals surface area contributed by atoms with Crippen molar-refractivity contribution in [1.82, 2.24) is 19.9 Å². The number of morpholine rings is 1. The van der Waals surface area contributed by atoms with Crippen LogP contribution in [0.5, 0.6) is 17.6 Å². The Balaban J connectivity index is 1.48.